The number of ether oxygens (including phenoxy) is 1. The van der Waals surface area contributed by atoms with E-state index in [4.69, 9.17) is 9.72 Å². The Balaban J connectivity index is 1.38. The molecule has 1 amide bonds. The third kappa shape index (κ3) is 5.13. The number of aryl methyl sites for hydroxylation is 1. The van der Waals surface area contributed by atoms with E-state index >= 15 is 0 Å². The number of hydrogen-bond donors (Lipinski definition) is 3. The highest BCUT2D eigenvalue weighted by atomic mass is 16.5. The summed E-state index contributed by atoms with van der Waals surface area (Å²) < 4.78 is 6.98. The lowest BCUT2D eigenvalue weighted by molar-refractivity contribution is -0.122. The molecule has 3 aromatic heterocycles. The minimum absolute atomic E-state index is 0.0228. The largest absolute Gasteiger partial charge is 0.478 e. The number of para-hydroxylation sites is 1. The number of methoxy groups -OCH3 is 1. The van der Waals surface area contributed by atoms with Gasteiger partial charge < -0.3 is 25.3 Å². The fourth-order valence-corrected chi connectivity index (χ4v) is 4.82. The summed E-state index contributed by atoms with van der Waals surface area (Å²) in [6.07, 6.45) is 6.19. The van der Waals surface area contributed by atoms with Gasteiger partial charge in [0.05, 0.1) is 36.2 Å². The summed E-state index contributed by atoms with van der Waals surface area (Å²) in [5.74, 6) is 0.918. The van der Waals surface area contributed by atoms with Crippen LogP contribution < -0.4 is 15.4 Å². The van der Waals surface area contributed by atoms with Gasteiger partial charge in [0.2, 0.25) is 11.9 Å². The van der Waals surface area contributed by atoms with Crippen molar-refractivity contribution >= 4 is 34.1 Å². The molecule has 1 aliphatic heterocycles. The maximum Gasteiger partial charge on any atom is 0.256 e. The van der Waals surface area contributed by atoms with E-state index in [1.807, 2.05) is 37.5 Å². The van der Waals surface area contributed by atoms with Crippen LogP contribution in [-0.2, 0) is 11.8 Å². The number of fused-ring (bicyclic) bond motifs is 1. The van der Waals surface area contributed by atoms with Gasteiger partial charge in [0, 0.05) is 56.6 Å². The van der Waals surface area contributed by atoms with Gasteiger partial charge in [-0.3, -0.25) is 14.4 Å². The molecule has 5 rings (SSSR count). The molecular formula is C26H33N9O2. The Labute approximate surface area is 215 Å². The smallest absolute Gasteiger partial charge is 0.256 e. The van der Waals surface area contributed by atoms with Crippen LogP contribution in [-0.4, -0.2) is 86.8 Å². The number of nitrogens with one attached hydrogen (secondary N) is 3. The second kappa shape index (κ2) is 10.6. The molecule has 4 heterocycles. The summed E-state index contributed by atoms with van der Waals surface area (Å²) in [4.78, 5) is 30.3. The average Bonchev–Trinajstić information content (AvgIpc) is 3.49. The van der Waals surface area contributed by atoms with Crippen LogP contribution in [0.3, 0.4) is 0 Å². The molecule has 0 unspecified atom stereocenters. The number of carbonyl (C=O) groups excluding carboxylic acids is 1. The molecule has 1 saturated heterocycles. The molecule has 1 fully saturated rings. The first-order chi connectivity index (χ1) is 18.0. The van der Waals surface area contributed by atoms with E-state index in [9.17, 15) is 4.79 Å². The van der Waals surface area contributed by atoms with Gasteiger partial charge in [0.25, 0.3) is 5.88 Å². The molecule has 0 radical (unpaired) electrons. The van der Waals surface area contributed by atoms with Crippen LogP contribution in [0.4, 0.5) is 17.3 Å². The molecule has 1 aliphatic rings. The van der Waals surface area contributed by atoms with Gasteiger partial charge in [-0.2, -0.15) is 0 Å². The average molecular weight is 504 g/mol. The van der Waals surface area contributed by atoms with Crippen LogP contribution in [0.1, 0.15) is 13.3 Å². The van der Waals surface area contributed by atoms with Crippen LogP contribution in [0, 0.1) is 0 Å². The number of likely N-dealkylation sites (N-methyl/N-ethyl adjacent to an activating group) is 1. The van der Waals surface area contributed by atoms with Crippen molar-refractivity contribution in [2.24, 2.45) is 7.05 Å². The molecule has 3 N–H and O–H groups in total. The molecule has 37 heavy (non-hydrogen) atoms. The zero-order valence-corrected chi connectivity index (χ0v) is 21.7. The van der Waals surface area contributed by atoms with E-state index in [-0.39, 0.29) is 11.9 Å². The number of amides is 1. The minimum atomic E-state index is -0.154. The fourth-order valence-electron chi connectivity index (χ4n) is 4.82. The highest BCUT2D eigenvalue weighted by Gasteiger charge is 2.27. The molecule has 4 aromatic rings. The summed E-state index contributed by atoms with van der Waals surface area (Å²) >= 11 is 0. The van der Waals surface area contributed by atoms with E-state index in [1.54, 1.807) is 24.2 Å². The number of H-pyrrole nitrogens is 1. The summed E-state index contributed by atoms with van der Waals surface area (Å²) in [6.45, 7) is 5.81. The number of benzene rings is 1. The Morgan fingerprint density at radius 1 is 1.16 bits per heavy atom. The second-order valence-electron chi connectivity index (χ2n) is 9.30. The number of carbonyl (C=O) groups is 1. The molecule has 0 bridgehead atoms. The Hall–Kier alpha value is -3.96. The monoisotopic (exact) mass is 503 g/mol. The van der Waals surface area contributed by atoms with Crippen molar-refractivity contribution < 1.29 is 9.53 Å². The number of nitrogens with zero attached hydrogens (tertiary/aromatic N) is 6. The van der Waals surface area contributed by atoms with Crippen molar-refractivity contribution in [3.05, 3.63) is 42.9 Å². The predicted octanol–water partition coefficient (Wildman–Crippen LogP) is 3.08. The number of anilines is 3. The van der Waals surface area contributed by atoms with Crippen molar-refractivity contribution in [2.75, 3.05) is 51.0 Å². The summed E-state index contributed by atoms with van der Waals surface area (Å²) in [6, 6.07) is 7.61. The third-order valence-electron chi connectivity index (χ3n) is 6.81. The number of aromatic nitrogens is 5. The van der Waals surface area contributed by atoms with Crippen LogP contribution in [0.2, 0.25) is 0 Å². The van der Waals surface area contributed by atoms with Crippen molar-refractivity contribution in [2.45, 2.75) is 19.4 Å². The molecule has 1 atom stereocenters. The van der Waals surface area contributed by atoms with Gasteiger partial charge in [0.1, 0.15) is 5.69 Å². The van der Waals surface area contributed by atoms with Gasteiger partial charge >= 0.3 is 0 Å². The van der Waals surface area contributed by atoms with Gasteiger partial charge in [-0.1, -0.05) is 19.1 Å². The molecular weight excluding hydrogens is 470 g/mol. The minimum Gasteiger partial charge on any atom is -0.478 e. The summed E-state index contributed by atoms with van der Waals surface area (Å²) in [5.41, 5.74) is 3.96. The Morgan fingerprint density at radius 2 is 1.97 bits per heavy atom. The van der Waals surface area contributed by atoms with Crippen LogP contribution in [0.5, 0.6) is 5.88 Å². The Morgan fingerprint density at radius 3 is 2.73 bits per heavy atom. The van der Waals surface area contributed by atoms with Gasteiger partial charge in [-0.15, -0.1) is 5.10 Å². The standard InChI is InChI=1S/C26H33N9O2/c1-5-22(35-13-11-33(2)12-14-35)24(36)29-20-8-6-7-17-18(15-28-23(17)20)19-9-10-27-26(30-19)31-21-16-34(3)32-25(21)37-4/h6-10,15-16,22,28H,5,11-14H2,1-4H3,(H,29,36)(H,27,30,31)/t22-/m0/s1. The van der Waals surface area contributed by atoms with Gasteiger partial charge in [-0.05, 0) is 25.6 Å². The van der Waals surface area contributed by atoms with Crippen LogP contribution in [0.15, 0.2) is 42.9 Å². The first kappa shape index (κ1) is 24.7. The van der Waals surface area contributed by atoms with Crippen molar-refractivity contribution in [3.8, 4) is 17.1 Å². The number of aromatic amines is 1. The zero-order valence-electron chi connectivity index (χ0n) is 21.7. The quantitative estimate of drug-likeness (QED) is 0.336. The summed E-state index contributed by atoms with van der Waals surface area (Å²) in [7, 11) is 5.51. The van der Waals surface area contributed by atoms with Gasteiger partial charge in [0.15, 0.2) is 0 Å². The number of hydrogen-bond acceptors (Lipinski definition) is 8. The Kier molecular flexibility index (Phi) is 7.06. The van der Waals surface area contributed by atoms with Gasteiger partial charge in [-0.25, -0.2) is 9.97 Å². The number of rotatable bonds is 8. The highest BCUT2D eigenvalue weighted by Crippen LogP contribution is 2.32. The molecule has 11 nitrogen and oxygen atoms in total. The van der Waals surface area contributed by atoms with E-state index in [0.29, 0.717) is 17.5 Å². The van der Waals surface area contributed by atoms with Crippen LogP contribution in [0.25, 0.3) is 22.2 Å². The van der Waals surface area contributed by atoms with Crippen molar-refractivity contribution in [1.82, 2.24) is 34.5 Å². The lowest BCUT2D eigenvalue weighted by Gasteiger charge is -2.36. The normalized spacial score (nSPS) is 15.6. The molecule has 1 aromatic carbocycles. The number of piperazine rings is 1. The maximum absolute atomic E-state index is 13.3. The SMILES string of the molecule is CC[C@@H](C(=O)Nc1cccc2c(-c3ccnc(Nc4cn(C)nc4OC)n3)c[nH]c12)N1CCN(C)CC1. The first-order valence-electron chi connectivity index (χ1n) is 12.5. The highest BCUT2D eigenvalue weighted by molar-refractivity contribution is 6.06. The maximum atomic E-state index is 13.3. The molecule has 0 spiro atoms. The Bertz CT molecular complexity index is 1390. The van der Waals surface area contributed by atoms with Crippen LogP contribution >= 0.6 is 0 Å². The topological polar surface area (TPSA) is 116 Å². The van der Waals surface area contributed by atoms with Crippen molar-refractivity contribution in [1.29, 1.82) is 0 Å². The zero-order chi connectivity index (χ0) is 25.9. The fraction of sp³-hybridized carbons (Fsp3) is 0.385. The third-order valence-corrected chi connectivity index (χ3v) is 6.81. The van der Waals surface area contributed by atoms with Crippen molar-refractivity contribution in [3.63, 3.8) is 0 Å². The molecule has 0 saturated carbocycles. The molecule has 0 aliphatic carbocycles. The lowest BCUT2D eigenvalue weighted by atomic mass is 10.1. The van der Waals surface area contributed by atoms with E-state index in [0.717, 1.165) is 60.4 Å². The lowest BCUT2D eigenvalue weighted by Crippen LogP contribution is -2.52. The second-order valence-corrected chi connectivity index (χ2v) is 9.30. The van der Waals surface area contributed by atoms with E-state index < -0.39 is 0 Å². The first-order valence-corrected chi connectivity index (χ1v) is 12.5. The molecule has 194 valence electrons. The van der Waals surface area contributed by atoms with E-state index in [1.165, 1.54) is 0 Å². The molecule has 11 heteroatoms. The van der Waals surface area contributed by atoms with E-state index in [2.05, 4.69) is 49.5 Å². The predicted molar refractivity (Wildman–Crippen MR) is 144 cm³/mol. The summed E-state index contributed by atoms with van der Waals surface area (Å²) in [5, 5.41) is 11.6.